The summed E-state index contributed by atoms with van der Waals surface area (Å²) in [6.07, 6.45) is 0. The van der Waals surface area contributed by atoms with Crippen LogP contribution in [0.3, 0.4) is 0 Å². The average Bonchev–Trinajstić information content (AvgIpc) is 3.34. The Balaban J connectivity index is 1.22. The largest absolute Gasteiger partial charge is 0.310 e. The van der Waals surface area contributed by atoms with Crippen molar-refractivity contribution in [1.29, 1.82) is 0 Å². The molecule has 0 heterocycles. The molecule has 9 rings (SSSR count). The molecule has 0 aliphatic heterocycles. The molecule has 0 spiro atoms. The summed E-state index contributed by atoms with van der Waals surface area (Å²) in [6, 6.07) is 59.9. The van der Waals surface area contributed by atoms with Crippen LogP contribution >= 0.6 is 0 Å². The van der Waals surface area contributed by atoms with Gasteiger partial charge in [0, 0.05) is 22.5 Å². The van der Waals surface area contributed by atoms with E-state index in [0.29, 0.717) is 0 Å². The molecule has 1 nitrogen and oxygen atoms in total. The van der Waals surface area contributed by atoms with E-state index in [4.69, 9.17) is 0 Å². The molecule has 218 valence electrons. The SMILES string of the molecule is CC1(C)c2cc3cc(N(c4ccccc4)c4ccc(-c5ccccc5)cc4)ccc3cc2-c2c1c1ccccc1c1ccccc21. The molecule has 0 unspecified atom stereocenters. The molecular formula is C45H33N. The Bertz CT molecular complexity index is 2420. The molecule has 0 N–H and O–H groups in total. The topological polar surface area (TPSA) is 3.24 Å². The Morgan fingerprint density at radius 1 is 0.413 bits per heavy atom. The van der Waals surface area contributed by atoms with Crippen LogP contribution in [0.25, 0.3) is 54.6 Å². The summed E-state index contributed by atoms with van der Waals surface area (Å²) in [6.45, 7) is 4.80. The van der Waals surface area contributed by atoms with Crippen molar-refractivity contribution < 1.29 is 0 Å². The summed E-state index contributed by atoms with van der Waals surface area (Å²) in [5, 5.41) is 7.88. The summed E-state index contributed by atoms with van der Waals surface area (Å²) in [5.74, 6) is 0. The minimum Gasteiger partial charge on any atom is -0.310 e. The molecule has 0 radical (unpaired) electrons. The minimum atomic E-state index is -0.134. The van der Waals surface area contributed by atoms with Gasteiger partial charge < -0.3 is 4.90 Å². The quantitative estimate of drug-likeness (QED) is 0.185. The first kappa shape index (κ1) is 26.7. The highest BCUT2D eigenvalue weighted by Crippen LogP contribution is 2.55. The highest BCUT2D eigenvalue weighted by atomic mass is 15.1. The number of hydrogen-bond donors (Lipinski definition) is 0. The molecule has 1 aliphatic rings. The molecular weight excluding hydrogens is 555 g/mol. The van der Waals surface area contributed by atoms with Crippen molar-refractivity contribution >= 4 is 49.4 Å². The van der Waals surface area contributed by atoms with E-state index in [2.05, 4.69) is 183 Å². The van der Waals surface area contributed by atoms with Gasteiger partial charge >= 0.3 is 0 Å². The third-order valence-electron chi connectivity index (χ3n) is 9.97. The standard InChI is InChI=1S/C45H33N/c1-45(2)42-29-33-27-36(46(34-15-7-4-8-16-34)35-24-21-31(22-25-35)30-13-5-3-6-14-30)26-23-32(33)28-41(42)43-39-19-11-9-17-37(39)38-18-10-12-20-40(38)44(43)45/h3-29H,1-2H3. The van der Waals surface area contributed by atoms with Crippen LogP contribution < -0.4 is 4.90 Å². The molecule has 0 fully saturated rings. The van der Waals surface area contributed by atoms with Crippen LogP contribution in [0.2, 0.25) is 0 Å². The predicted molar refractivity (Wildman–Crippen MR) is 197 cm³/mol. The van der Waals surface area contributed by atoms with Crippen LogP contribution in [0.5, 0.6) is 0 Å². The first-order chi connectivity index (χ1) is 22.6. The monoisotopic (exact) mass is 587 g/mol. The first-order valence-electron chi connectivity index (χ1n) is 16.1. The number of anilines is 3. The van der Waals surface area contributed by atoms with Crippen LogP contribution in [0.4, 0.5) is 17.1 Å². The molecule has 0 bridgehead atoms. The highest BCUT2D eigenvalue weighted by Gasteiger charge is 2.38. The van der Waals surface area contributed by atoms with Crippen molar-refractivity contribution in [1.82, 2.24) is 0 Å². The van der Waals surface area contributed by atoms with E-state index in [-0.39, 0.29) is 5.41 Å². The van der Waals surface area contributed by atoms with Gasteiger partial charge in [-0.15, -0.1) is 0 Å². The van der Waals surface area contributed by atoms with E-state index >= 15 is 0 Å². The highest BCUT2D eigenvalue weighted by molar-refractivity contribution is 6.19. The lowest BCUT2D eigenvalue weighted by Crippen LogP contribution is -2.15. The minimum absolute atomic E-state index is 0.134. The Labute approximate surface area is 270 Å². The average molecular weight is 588 g/mol. The first-order valence-corrected chi connectivity index (χ1v) is 16.1. The number of hydrogen-bond acceptors (Lipinski definition) is 1. The van der Waals surface area contributed by atoms with Crippen molar-refractivity contribution in [3.8, 4) is 22.3 Å². The van der Waals surface area contributed by atoms with E-state index in [1.54, 1.807) is 0 Å². The van der Waals surface area contributed by atoms with E-state index in [9.17, 15) is 0 Å². The van der Waals surface area contributed by atoms with Gasteiger partial charge in [-0.2, -0.15) is 0 Å². The van der Waals surface area contributed by atoms with Gasteiger partial charge in [0.1, 0.15) is 0 Å². The maximum absolute atomic E-state index is 2.46. The fraction of sp³-hybridized carbons (Fsp3) is 0.0667. The van der Waals surface area contributed by atoms with Gasteiger partial charge in [0.25, 0.3) is 0 Å². The fourth-order valence-electron chi connectivity index (χ4n) is 7.81. The molecule has 46 heavy (non-hydrogen) atoms. The van der Waals surface area contributed by atoms with Crippen molar-refractivity contribution in [2.24, 2.45) is 0 Å². The van der Waals surface area contributed by atoms with Gasteiger partial charge in [0.2, 0.25) is 0 Å². The van der Waals surface area contributed by atoms with E-state index < -0.39 is 0 Å². The van der Waals surface area contributed by atoms with Crippen LogP contribution in [-0.2, 0) is 5.41 Å². The van der Waals surface area contributed by atoms with Gasteiger partial charge in [-0.1, -0.05) is 129 Å². The second-order valence-corrected chi connectivity index (χ2v) is 13.0. The summed E-state index contributed by atoms with van der Waals surface area (Å²) < 4.78 is 0. The van der Waals surface area contributed by atoms with Crippen LogP contribution in [0, 0.1) is 0 Å². The zero-order valence-corrected chi connectivity index (χ0v) is 26.0. The maximum Gasteiger partial charge on any atom is 0.0468 e. The van der Waals surface area contributed by atoms with Gasteiger partial charge in [-0.25, -0.2) is 0 Å². The molecule has 0 atom stereocenters. The number of benzene rings is 8. The lowest BCUT2D eigenvalue weighted by molar-refractivity contribution is 0.667. The normalized spacial score (nSPS) is 13.2. The van der Waals surface area contributed by atoms with Crippen molar-refractivity contribution in [3.63, 3.8) is 0 Å². The lowest BCUT2D eigenvalue weighted by Gasteiger charge is -2.26. The molecule has 0 saturated carbocycles. The summed E-state index contributed by atoms with van der Waals surface area (Å²) in [4.78, 5) is 2.36. The van der Waals surface area contributed by atoms with Crippen LogP contribution in [-0.4, -0.2) is 0 Å². The van der Waals surface area contributed by atoms with Gasteiger partial charge in [0.15, 0.2) is 0 Å². The number of para-hydroxylation sites is 1. The van der Waals surface area contributed by atoms with Gasteiger partial charge in [-0.3, -0.25) is 0 Å². The Morgan fingerprint density at radius 2 is 0.957 bits per heavy atom. The van der Waals surface area contributed by atoms with Crippen molar-refractivity contribution in [3.05, 3.63) is 175 Å². The molecule has 8 aromatic rings. The third-order valence-corrected chi connectivity index (χ3v) is 9.97. The fourth-order valence-corrected chi connectivity index (χ4v) is 7.81. The number of fused-ring (bicyclic) bond motifs is 9. The number of rotatable bonds is 4. The van der Waals surface area contributed by atoms with Gasteiger partial charge in [0.05, 0.1) is 0 Å². The third kappa shape index (κ3) is 4.02. The molecule has 0 amide bonds. The molecule has 0 saturated heterocycles. The summed E-state index contributed by atoms with van der Waals surface area (Å²) in [7, 11) is 0. The number of nitrogens with zero attached hydrogens (tertiary/aromatic N) is 1. The summed E-state index contributed by atoms with van der Waals surface area (Å²) in [5.41, 5.74) is 11.3. The Morgan fingerprint density at radius 3 is 1.67 bits per heavy atom. The second-order valence-electron chi connectivity index (χ2n) is 13.0. The van der Waals surface area contributed by atoms with E-state index in [1.807, 2.05) is 0 Å². The molecule has 8 aromatic carbocycles. The zero-order valence-electron chi connectivity index (χ0n) is 26.0. The molecule has 1 heteroatoms. The summed E-state index contributed by atoms with van der Waals surface area (Å²) >= 11 is 0. The second kappa shape index (κ2) is 10.2. The van der Waals surface area contributed by atoms with Crippen LogP contribution in [0.1, 0.15) is 25.0 Å². The Kier molecular flexibility index (Phi) is 5.92. The van der Waals surface area contributed by atoms with E-state index in [1.165, 1.54) is 65.7 Å². The smallest absolute Gasteiger partial charge is 0.0468 e. The van der Waals surface area contributed by atoms with Crippen molar-refractivity contribution in [2.45, 2.75) is 19.3 Å². The van der Waals surface area contributed by atoms with E-state index in [0.717, 1.165) is 17.1 Å². The maximum atomic E-state index is 2.46. The molecule has 1 aliphatic carbocycles. The zero-order chi connectivity index (χ0) is 30.8. The predicted octanol–water partition coefficient (Wildman–Crippen LogP) is 12.6. The van der Waals surface area contributed by atoms with Crippen LogP contribution in [0.15, 0.2) is 164 Å². The lowest BCUT2D eigenvalue weighted by atomic mass is 9.79. The van der Waals surface area contributed by atoms with Crippen molar-refractivity contribution in [2.75, 3.05) is 4.90 Å². The van der Waals surface area contributed by atoms with Gasteiger partial charge in [-0.05, 0) is 114 Å². The Hall–Kier alpha value is -5.66. The molecule has 0 aromatic heterocycles.